The Kier molecular flexibility index (Phi) is 2.73. The zero-order valence-electron chi connectivity index (χ0n) is 6.93. The summed E-state index contributed by atoms with van der Waals surface area (Å²) in [6, 6.07) is 0. The highest BCUT2D eigenvalue weighted by atomic mass is 14.1. The summed E-state index contributed by atoms with van der Waals surface area (Å²) < 4.78 is 0. The predicted octanol–water partition coefficient (Wildman–Crippen LogP) is 3.31. The van der Waals surface area contributed by atoms with Crippen LogP contribution in [0, 0.1) is 5.92 Å². The van der Waals surface area contributed by atoms with Gasteiger partial charge in [-0.15, -0.1) is 0 Å². The minimum atomic E-state index is 0.750. The van der Waals surface area contributed by atoms with Gasteiger partial charge in [-0.2, -0.15) is 0 Å². The van der Waals surface area contributed by atoms with Gasteiger partial charge in [-0.3, -0.25) is 0 Å². The van der Waals surface area contributed by atoms with Crippen molar-refractivity contribution in [2.24, 2.45) is 5.92 Å². The molecule has 1 aliphatic carbocycles. The van der Waals surface area contributed by atoms with E-state index in [1.54, 1.807) is 5.57 Å². The van der Waals surface area contributed by atoms with Gasteiger partial charge in [0.1, 0.15) is 0 Å². The van der Waals surface area contributed by atoms with Gasteiger partial charge in [0.25, 0.3) is 0 Å². The summed E-state index contributed by atoms with van der Waals surface area (Å²) >= 11 is 0. The summed E-state index contributed by atoms with van der Waals surface area (Å²) in [6.45, 7) is 4.40. The molecule has 0 fully saturated rings. The monoisotopic (exact) mass is 136 g/mol. The van der Waals surface area contributed by atoms with E-state index in [0.717, 1.165) is 5.92 Å². The summed E-state index contributed by atoms with van der Waals surface area (Å²) in [5.74, 6) is 0.750. The largest absolute Gasteiger partial charge is 0.0882 e. The topological polar surface area (TPSA) is 0 Å². The first-order valence-electron chi connectivity index (χ1n) is 4.17. The van der Waals surface area contributed by atoms with Crippen LogP contribution in [0.5, 0.6) is 0 Å². The molecule has 56 valence electrons. The first-order valence-corrected chi connectivity index (χ1v) is 4.17. The molecular weight excluding hydrogens is 120 g/mol. The van der Waals surface area contributed by atoms with E-state index in [0.29, 0.717) is 0 Å². The van der Waals surface area contributed by atoms with Crippen LogP contribution in [-0.4, -0.2) is 0 Å². The average Bonchev–Trinajstić information content (AvgIpc) is 2.31. The molecule has 10 heavy (non-hydrogen) atoms. The molecule has 0 saturated carbocycles. The Hall–Kier alpha value is -0.520. The molecule has 0 radical (unpaired) electrons. The third-order valence-corrected chi connectivity index (χ3v) is 1.99. The van der Waals surface area contributed by atoms with Gasteiger partial charge >= 0.3 is 0 Å². The molecule has 0 bridgehead atoms. The lowest BCUT2D eigenvalue weighted by molar-refractivity contribution is 0.763. The quantitative estimate of drug-likeness (QED) is 0.511. The zero-order valence-corrected chi connectivity index (χ0v) is 6.93. The van der Waals surface area contributed by atoms with Gasteiger partial charge in [0.2, 0.25) is 0 Å². The van der Waals surface area contributed by atoms with Crippen LogP contribution < -0.4 is 0 Å². The van der Waals surface area contributed by atoms with Crippen LogP contribution in [-0.2, 0) is 0 Å². The van der Waals surface area contributed by atoms with Crippen molar-refractivity contribution < 1.29 is 0 Å². The maximum Gasteiger partial charge on any atom is -0.00479 e. The fourth-order valence-corrected chi connectivity index (χ4v) is 1.39. The van der Waals surface area contributed by atoms with Gasteiger partial charge < -0.3 is 0 Å². The Morgan fingerprint density at radius 2 is 2.50 bits per heavy atom. The van der Waals surface area contributed by atoms with Gasteiger partial charge in [0, 0.05) is 0 Å². The average molecular weight is 136 g/mol. The minimum absolute atomic E-state index is 0.750. The Morgan fingerprint density at radius 1 is 1.70 bits per heavy atom. The van der Waals surface area contributed by atoms with Crippen molar-refractivity contribution in [3.63, 3.8) is 0 Å². The number of hydrogen-bond acceptors (Lipinski definition) is 0. The molecule has 0 spiro atoms. The lowest BCUT2D eigenvalue weighted by Gasteiger charge is -1.95. The lowest BCUT2D eigenvalue weighted by atomic mass is 10.1. The van der Waals surface area contributed by atoms with Gasteiger partial charge in [-0.1, -0.05) is 30.7 Å². The molecule has 1 aliphatic rings. The summed E-state index contributed by atoms with van der Waals surface area (Å²) in [5, 5.41) is 0. The van der Waals surface area contributed by atoms with Crippen LogP contribution in [0.3, 0.4) is 0 Å². The van der Waals surface area contributed by atoms with Crippen LogP contribution in [0.4, 0.5) is 0 Å². The first-order chi connectivity index (χ1) is 4.83. The molecule has 0 aromatic rings. The Balaban J connectivity index is 2.38. The highest BCUT2D eigenvalue weighted by Gasteiger charge is 2.08. The van der Waals surface area contributed by atoms with E-state index < -0.39 is 0 Å². The molecule has 0 aromatic heterocycles. The number of rotatable bonds is 2. The fourth-order valence-electron chi connectivity index (χ4n) is 1.39. The Bertz CT molecular complexity index is 151. The maximum absolute atomic E-state index is 2.38. The maximum atomic E-state index is 2.38. The summed E-state index contributed by atoms with van der Waals surface area (Å²) in [4.78, 5) is 0. The van der Waals surface area contributed by atoms with Gasteiger partial charge in [-0.25, -0.2) is 0 Å². The van der Waals surface area contributed by atoms with E-state index in [2.05, 4.69) is 32.1 Å². The van der Waals surface area contributed by atoms with Crippen LogP contribution in [0.15, 0.2) is 23.8 Å². The van der Waals surface area contributed by atoms with Crippen molar-refractivity contribution in [2.45, 2.75) is 33.1 Å². The van der Waals surface area contributed by atoms with Crippen LogP contribution >= 0.6 is 0 Å². The van der Waals surface area contributed by atoms with Crippen molar-refractivity contribution >= 4 is 0 Å². The lowest BCUT2D eigenvalue weighted by Crippen LogP contribution is -1.82. The first kappa shape index (κ1) is 7.59. The molecule has 0 saturated heterocycles. The SMILES string of the molecule is CC/C=C\C1C=C(C)CC1. The molecule has 1 rings (SSSR count). The van der Waals surface area contributed by atoms with Crippen molar-refractivity contribution in [1.82, 2.24) is 0 Å². The zero-order chi connectivity index (χ0) is 7.40. The normalized spacial score (nSPS) is 25.8. The summed E-state index contributed by atoms with van der Waals surface area (Å²) in [7, 11) is 0. The van der Waals surface area contributed by atoms with Gasteiger partial charge in [-0.05, 0) is 32.1 Å². The molecule has 0 heteroatoms. The van der Waals surface area contributed by atoms with Gasteiger partial charge in [0.05, 0.1) is 0 Å². The predicted molar refractivity (Wildman–Crippen MR) is 45.9 cm³/mol. The van der Waals surface area contributed by atoms with Crippen LogP contribution in [0.25, 0.3) is 0 Å². The van der Waals surface area contributed by atoms with Crippen LogP contribution in [0.2, 0.25) is 0 Å². The summed E-state index contributed by atoms with van der Waals surface area (Å²) in [5.41, 5.74) is 1.56. The molecule has 0 nitrogen and oxygen atoms in total. The molecule has 0 aliphatic heterocycles. The number of allylic oxidation sites excluding steroid dienone is 4. The standard InChI is InChI=1S/C10H16/c1-3-4-5-10-7-6-9(2)8-10/h4-5,8,10H,3,6-7H2,1-2H3/b5-4-. The molecule has 0 heterocycles. The summed E-state index contributed by atoms with van der Waals surface area (Å²) in [6.07, 6.45) is 10.8. The minimum Gasteiger partial charge on any atom is -0.0882 e. The molecule has 0 aromatic carbocycles. The second kappa shape index (κ2) is 3.60. The molecular formula is C10H16. The van der Waals surface area contributed by atoms with Crippen molar-refractivity contribution in [1.29, 1.82) is 0 Å². The van der Waals surface area contributed by atoms with Crippen LogP contribution in [0.1, 0.15) is 33.1 Å². The highest BCUT2D eigenvalue weighted by molar-refractivity contribution is 5.13. The molecule has 1 atom stereocenters. The molecule has 1 unspecified atom stereocenters. The van der Waals surface area contributed by atoms with E-state index in [-0.39, 0.29) is 0 Å². The van der Waals surface area contributed by atoms with Gasteiger partial charge in [0.15, 0.2) is 0 Å². The Morgan fingerprint density at radius 3 is 3.00 bits per heavy atom. The molecule has 0 amide bonds. The van der Waals surface area contributed by atoms with E-state index in [1.807, 2.05) is 0 Å². The second-order valence-electron chi connectivity index (χ2n) is 3.05. The number of hydrogen-bond donors (Lipinski definition) is 0. The van der Waals surface area contributed by atoms with Crippen molar-refractivity contribution in [3.8, 4) is 0 Å². The third-order valence-electron chi connectivity index (χ3n) is 1.99. The molecule has 0 N–H and O–H groups in total. The smallest absolute Gasteiger partial charge is 0.00479 e. The van der Waals surface area contributed by atoms with Crippen molar-refractivity contribution in [3.05, 3.63) is 23.8 Å². The van der Waals surface area contributed by atoms with E-state index >= 15 is 0 Å². The second-order valence-corrected chi connectivity index (χ2v) is 3.05. The van der Waals surface area contributed by atoms with E-state index in [4.69, 9.17) is 0 Å². The van der Waals surface area contributed by atoms with Crippen molar-refractivity contribution in [2.75, 3.05) is 0 Å². The van der Waals surface area contributed by atoms with E-state index in [9.17, 15) is 0 Å². The fraction of sp³-hybridized carbons (Fsp3) is 0.600. The Labute approximate surface area is 63.6 Å². The van der Waals surface area contributed by atoms with E-state index in [1.165, 1.54) is 19.3 Å². The third kappa shape index (κ3) is 2.02. The highest BCUT2D eigenvalue weighted by Crippen LogP contribution is 2.24.